The van der Waals surface area contributed by atoms with Crippen molar-refractivity contribution in [3.8, 4) is 5.75 Å². The quantitative estimate of drug-likeness (QED) is 0.661. The van der Waals surface area contributed by atoms with E-state index in [-0.39, 0.29) is 29.3 Å². The van der Waals surface area contributed by atoms with Gasteiger partial charge in [-0.15, -0.1) is 0 Å². The molecule has 0 fully saturated rings. The zero-order valence-corrected chi connectivity index (χ0v) is 11.1. The molecule has 0 saturated carbocycles. The monoisotopic (exact) mass is 250 g/mol. The van der Waals surface area contributed by atoms with Crippen LogP contribution in [-0.2, 0) is 4.74 Å². The Hall–Kier alpha value is -1.84. The van der Waals surface area contributed by atoms with E-state index in [0.717, 1.165) is 0 Å². The maximum Gasteiger partial charge on any atom is 0.338 e. The van der Waals surface area contributed by atoms with Crippen LogP contribution in [0.15, 0.2) is 18.2 Å². The van der Waals surface area contributed by atoms with E-state index >= 15 is 0 Å². The Labute approximate surface area is 107 Å². The zero-order valence-electron chi connectivity index (χ0n) is 11.1. The lowest BCUT2D eigenvalue weighted by Gasteiger charge is -2.19. The van der Waals surface area contributed by atoms with Gasteiger partial charge in [-0.1, -0.05) is 26.8 Å². The highest BCUT2D eigenvalue weighted by Crippen LogP contribution is 2.29. The van der Waals surface area contributed by atoms with E-state index in [4.69, 9.17) is 4.74 Å². The van der Waals surface area contributed by atoms with Crippen molar-refractivity contribution in [2.24, 2.45) is 5.41 Å². The second-order valence-electron chi connectivity index (χ2n) is 5.00. The number of rotatable bonds is 3. The third-order valence-corrected chi connectivity index (χ3v) is 2.45. The third-order valence-electron chi connectivity index (χ3n) is 2.45. The molecule has 0 aliphatic heterocycles. The highest BCUT2D eigenvalue weighted by Gasteiger charge is 2.30. The Morgan fingerprint density at radius 1 is 1.28 bits per heavy atom. The van der Waals surface area contributed by atoms with Crippen molar-refractivity contribution in [1.29, 1.82) is 0 Å². The van der Waals surface area contributed by atoms with Crippen molar-refractivity contribution in [2.45, 2.75) is 27.7 Å². The van der Waals surface area contributed by atoms with Crippen molar-refractivity contribution >= 4 is 11.8 Å². The Balaban J connectivity index is 3.34. The molecule has 0 unspecified atom stereocenters. The molecule has 18 heavy (non-hydrogen) atoms. The van der Waals surface area contributed by atoms with Gasteiger partial charge in [0.15, 0.2) is 5.78 Å². The zero-order chi connectivity index (χ0) is 13.9. The fourth-order valence-corrected chi connectivity index (χ4v) is 1.53. The minimum Gasteiger partial charge on any atom is -0.507 e. The number of ketones is 1. The standard InChI is InChI=1S/C14H18O4/c1-5-18-13(17)9-7-6-8-10(15)11(9)12(16)14(2,3)4/h6-8,15H,5H2,1-4H3. The molecule has 0 radical (unpaired) electrons. The SMILES string of the molecule is CCOC(=O)c1cccc(O)c1C(=O)C(C)(C)C. The van der Waals surface area contributed by atoms with Crippen LogP contribution in [0.5, 0.6) is 5.75 Å². The minimum atomic E-state index is -0.680. The first kappa shape index (κ1) is 14.2. The molecule has 0 aliphatic rings. The van der Waals surface area contributed by atoms with Gasteiger partial charge in [-0.2, -0.15) is 0 Å². The predicted octanol–water partition coefficient (Wildman–Crippen LogP) is 2.80. The number of phenolic OH excluding ortho intramolecular Hbond substituents is 1. The maximum absolute atomic E-state index is 12.2. The average molecular weight is 250 g/mol. The molecule has 1 rings (SSSR count). The van der Waals surface area contributed by atoms with Gasteiger partial charge in [0.1, 0.15) is 5.75 Å². The molecule has 0 atom stereocenters. The summed E-state index contributed by atoms with van der Waals surface area (Å²) >= 11 is 0. The molecule has 0 amide bonds. The normalized spacial score (nSPS) is 11.1. The summed E-state index contributed by atoms with van der Waals surface area (Å²) in [6.45, 7) is 7.10. The molecule has 1 aromatic rings. The molecule has 0 saturated heterocycles. The number of Topliss-reactive ketones (excluding diaryl/α,β-unsaturated/α-hetero) is 1. The molecular formula is C14H18O4. The summed E-state index contributed by atoms with van der Waals surface area (Å²) in [5.41, 5.74) is -0.541. The van der Waals surface area contributed by atoms with E-state index in [1.165, 1.54) is 18.2 Å². The van der Waals surface area contributed by atoms with Gasteiger partial charge >= 0.3 is 5.97 Å². The number of carbonyl (C=O) groups is 2. The van der Waals surface area contributed by atoms with Crippen LogP contribution < -0.4 is 0 Å². The van der Waals surface area contributed by atoms with Crippen molar-refractivity contribution < 1.29 is 19.4 Å². The summed E-state index contributed by atoms with van der Waals surface area (Å²) in [5, 5.41) is 9.81. The summed E-state index contributed by atoms with van der Waals surface area (Å²) in [6, 6.07) is 4.39. The lowest BCUT2D eigenvalue weighted by molar-refractivity contribution is 0.0520. The molecule has 98 valence electrons. The molecular weight excluding hydrogens is 232 g/mol. The van der Waals surface area contributed by atoms with Gasteiger partial charge in [0.2, 0.25) is 0 Å². The molecule has 1 aromatic carbocycles. The topological polar surface area (TPSA) is 63.6 Å². The van der Waals surface area contributed by atoms with Gasteiger partial charge in [0.25, 0.3) is 0 Å². The summed E-state index contributed by atoms with van der Waals surface area (Å²) in [6.07, 6.45) is 0. The van der Waals surface area contributed by atoms with Crippen molar-refractivity contribution in [1.82, 2.24) is 0 Å². The number of esters is 1. The van der Waals surface area contributed by atoms with E-state index in [9.17, 15) is 14.7 Å². The predicted molar refractivity (Wildman–Crippen MR) is 67.8 cm³/mol. The van der Waals surface area contributed by atoms with Gasteiger partial charge in [-0.05, 0) is 19.1 Å². The first-order valence-electron chi connectivity index (χ1n) is 5.83. The van der Waals surface area contributed by atoms with Crippen LogP contribution in [0.25, 0.3) is 0 Å². The number of hydrogen-bond acceptors (Lipinski definition) is 4. The fraction of sp³-hybridized carbons (Fsp3) is 0.429. The highest BCUT2D eigenvalue weighted by atomic mass is 16.5. The molecule has 4 heteroatoms. The van der Waals surface area contributed by atoms with E-state index in [1.54, 1.807) is 27.7 Å². The van der Waals surface area contributed by atoms with Gasteiger partial charge in [0, 0.05) is 5.41 Å². The second-order valence-corrected chi connectivity index (χ2v) is 5.00. The van der Waals surface area contributed by atoms with Gasteiger partial charge in [-0.25, -0.2) is 4.79 Å². The molecule has 0 aromatic heterocycles. The van der Waals surface area contributed by atoms with Crippen molar-refractivity contribution in [3.63, 3.8) is 0 Å². The van der Waals surface area contributed by atoms with Crippen molar-refractivity contribution in [2.75, 3.05) is 6.61 Å². The Morgan fingerprint density at radius 2 is 1.89 bits per heavy atom. The van der Waals surface area contributed by atoms with E-state index in [1.807, 2.05) is 0 Å². The lowest BCUT2D eigenvalue weighted by Crippen LogP contribution is -2.23. The fourth-order valence-electron chi connectivity index (χ4n) is 1.53. The third kappa shape index (κ3) is 2.88. The van der Waals surface area contributed by atoms with Gasteiger partial charge in [0.05, 0.1) is 17.7 Å². The Bertz CT molecular complexity index is 469. The minimum absolute atomic E-state index is 0.0310. The number of carbonyl (C=O) groups excluding carboxylic acids is 2. The van der Waals surface area contributed by atoms with Crippen LogP contribution >= 0.6 is 0 Å². The van der Waals surface area contributed by atoms with Crippen molar-refractivity contribution in [3.05, 3.63) is 29.3 Å². The van der Waals surface area contributed by atoms with E-state index in [2.05, 4.69) is 0 Å². The first-order valence-corrected chi connectivity index (χ1v) is 5.83. The lowest BCUT2D eigenvalue weighted by atomic mass is 9.84. The smallest absolute Gasteiger partial charge is 0.338 e. The summed E-state index contributed by atoms with van der Waals surface area (Å²) in [4.78, 5) is 24.0. The number of hydrogen-bond donors (Lipinski definition) is 1. The number of phenols is 1. The summed E-state index contributed by atoms with van der Waals surface area (Å²) < 4.78 is 4.88. The van der Waals surface area contributed by atoms with Crippen LogP contribution in [-0.4, -0.2) is 23.5 Å². The molecule has 4 nitrogen and oxygen atoms in total. The number of aromatic hydroxyl groups is 1. The average Bonchev–Trinajstić information content (AvgIpc) is 2.27. The van der Waals surface area contributed by atoms with Gasteiger partial charge < -0.3 is 9.84 Å². The second kappa shape index (κ2) is 5.21. The van der Waals surface area contributed by atoms with E-state index in [0.29, 0.717) is 0 Å². The Kier molecular flexibility index (Phi) is 4.11. The van der Waals surface area contributed by atoms with Crippen LogP contribution in [0.1, 0.15) is 48.4 Å². The van der Waals surface area contributed by atoms with Crippen LogP contribution in [0.2, 0.25) is 0 Å². The van der Waals surface area contributed by atoms with Crippen LogP contribution in [0, 0.1) is 5.41 Å². The van der Waals surface area contributed by atoms with Gasteiger partial charge in [-0.3, -0.25) is 4.79 Å². The van der Waals surface area contributed by atoms with Crippen LogP contribution in [0.3, 0.4) is 0 Å². The highest BCUT2D eigenvalue weighted by molar-refractivity contribution is 6.10. The molecule has 1 N–H and O–H groups in total. The molecule has 0 spiro atoms. The van der Waals surface area contributed by atoms with Crippen LogP contribution in [0.4, 0.5) is 0 Å². The molecule has 0 bridgehead atoms. The summed E-state index contributed by atoms with van der Waals surface area (Å²) in [7, 11) is 0. The largest absolute Gasteiger partial charge is 0.507 e. The van der Waals surface area contributed by atoms with E-state index < -0.39 is 11.4 Å². The maximum atomic E-state index is 12.2. The Morgan fingerprint density at radius 3 is 2.39 bits per heavy atom. The summed E-state index contributed by atoms with van der Waals surface area (Å²) in [5.74, 6) is -1.08. The molecule has 0 aliphatic carbocycles. The molecule has 0 heterocycles. The number of benzene rings is 1. The first-order chi connectivity index (χ1) is 8.29. The number of ether oxygens (including phenoxy) is 1.